The Bertz CT molecular complexity index is 410. The number of carbonyl (C=O) groups is 2. The summed E-state index contributed by atoms with van der Waals surface area (Å²) >= 11 is 0. The van der Waals surface area contributed by atoms with Crippen molar-refractivity contribution in [2.75, 3.05) is 26.2 Å². The van der Waals surface area contributed by atoms with Crippen molar-refractivity contribution in [3.63, 3.8) is 0 Å². The van der Waals surface area contributed by atoms with E-state index in [4.69, 9.17) is 5.11 Å². The van der Waals surface area contributed by atoms with E-state index in [2.05, 4.69) is 17.1 Å². The fourth-order valence-electron chi connectivity index (χ4n) is 3.00. The molecule has 0 aromatic heterocycles. The van der Waals surface area contributed by atoms with E-state index in [0.717, 1.165) is 38.9 Å². The molecule has 1 fully saturated rings. The summed E-state index contributed by atoms with van der Waals surface area (Å²) in [5, 5.41) is 12.1. The monoisotopic (exact) mass is 363 g/mol. The van der Waals surface area contributed by atoms with Crippen LogP contribution in [0.1, 0.15) is 53.9 Å². The van der Waals surface area contributed by atoms with E-state index in [1.54, 1.807) is 0 Å². The predicted molar refractivity (Wildman–Crippen MR) is 98.7 cm³/mol. The maximum absolute atomic E-state index is 12.4. The summed E-state index contributed by atoms with van der Waals surface area (Å²) in [4.78, 5) is 27.5. The molecule has 0 aromatic carbocycles. The highest BCUT2D eigenvalue weighted by atomic mass is 35.5. The topological polar surface area (TPSA) is 72.9 Å². The van der Waals surface area contributed by atoms with Gasteiger partial charge in [-0.05, 0) is 46.6 Å². The van der Waals surface area contributed by atoms with Crippen LogP contribution in [0.5, 0.6) is 0 Å². The Balaban J connectivity index is 0.00000529. The van der Waals surface area contributed by atoms with Crippen molar-refractivity contribution in [2.24, 2.45) is 0 Å². The summed E-state index contributed by atoms with van der Waals surface area (Å²) in [6.45, 7) is 12.6. The van der Waals surface area contributed by atoms with Gasteiger partial charge in [0, 0.05) is 24.7 Å². The summed E-state index contributed by atoms with van der Waals surface area (Å²) in [6, 6.07) is 0.158. The second kappa shape index (κ2) is 10.2. The van der Waals surface area contributed by atoms with Gasteiger partial charge in [-0.25, -0.2) is 0 Å². The van der Waals surface area contributed by atoms with Crippen LogP contribution in [0.15, 0.2) is 0 Å². The molecule has 0 spiro atoms. The molecule has 1 atom stereocenters. The van der Waals surface area contributed by atoms with Crippen molar-refractivity contribution in [2.45, 2.75) is 71.5 Å². The third-order valence-electron chi connectivity index (χ3n) is 5.03. The molecule has 1 unspecified atom stereocenters. The van der Waals surface area contributed by atoms with E-state index < -0.39 is 5.97 Å². The Labute approximate surface area is 152 Å². The van der Waals surface area contributed by atoms with Gasteiger partial charge in [0.15, 0.2) is 0 Å². The van der Waals surface area contributed by atoms with Crippen LogP contribution >= 0.6 is 12.4 Å². The first-order valence-electron chi connectivity index (χ1n) is 8.72. The lowest BCUT2D eigenvalue weighted by Crippen LogP contribution is -2.55. The number of halogens is 1. The molecule has 0 bridgehead atoms. The van der Waals surface area contributed by atoms with E-state index in [9.17, 15) is 9.59 Å². The predicted octanol–water partition coefficient (Wildman–Crippen LogP) is 1.97. The van der Waals surface area contributed by atoms with Crippen molar-refractivity contribution >= 4 is 24.3 Å². The number of carboxylic acids is 1. The number of amides is 1. The van der Waals surface area contributed by atoms with Gasteiger partial charge < -0.3 is 10.4 Å². The highest BCUT2D eigenvalue weighted by Gasteiger charge is 2.31. The van der Waals surface area contributed by atoms with Crippen LogP contribution < -0.4 is 5.32 Å². The normalized spacial score (nSPS) is 18.1. The van der Waals surface area contributed by atoms with Gasteiger partial charge >= 0.3 is 5.97 Å². The molecule has 142 valence electrons. The van der Waals surface area contributed by atoms with Gasteiger partial charge in [0.05, 0.1) is 12.6 Å². The molecule has 1 amide bonds. The Morgan fingerprint density at radius 1 is 1.29 bits per heavy atom. The molecule has 1 aliphatic heterocycles. The second-order valence-corrected chi connectivity index (χ2v) is 7.13. The van der Waals surface area contributed by atoms with E-state index >= 15 is 0 Å². The average Bonchev–Trinajstić information content (AvgIpc) is 2.51. The molecular weight excluding hydrogens is 330 g/mol. The number of likely N-dealkylation sites (N-methyl/N-ethyl adjacent to an activating group) is 1. The fourth-order valence-corrected chi connectivity index (χ4v) is 3.00. The number of likely N-dealkylation sites (tertiary alicyclic amines) is 1. The third kappa shape index (κ3) is 6.95. The summed E-state index contributed by atoms with van der Waals surface area (Å²) in [5.41, 5.74) is -0.176. The molecule has 7 heteroatoms. The molecular formula is C17H34ClN3O3. The van der Waals surface area contributed by atoms with Crippen molar-refractivity contribution in [1.82, 2.24) is 15.1 Å². The highest BCUT2D eigenvalue weighted by molar-refractivity contribution is 5.85. The molecule has 6 nitrogen and oxygen atoms in total. The van der Waals surface area contributed by atoms with Gasteiger partial charge in [-0.15, -0.1) is 12.4 Å². The van der Waals surface area contributed by atoms with Crippen molar-refractivity contribution < 1.29 is 14.7 Å². The van der Waals surface area contributed by atoms with Crippen molar-refractivity contribution in [3.05, 3.63) is 0 Å². The molecule has 2 N–H and O–H groups in total. The lowest BCUT2D eigenvalue weighted by molar-refractivity contribution is -0.139. The van der Waals surface area contributed by atoms with Crippen LogP contribution in [0.25, 0.3) is 0 Å². The van der Waals surface area contributed by atoms with E-state index in [1.165, 1.54) is 0 Å². The van der Waals surface area contributed by atoms with Gasteiger partial charge in [0.1, 0.15) is 0 Å². The number of aliphatic carboxylic acids is 1. The van der Waals surface area contributed by atoms with E-state index in [1.807, 2.05) is 32.6 Å². The van der Waals surface area contributed by atoms with Gasteiger partial charge in [0.2, 0.25) is 5.91 Å². The molecule has 0 radical (unpaired) electrons. The number of hydrogen-bond acceptors (Lipinski definition) is 4. The van der Waals surface area contributed by atoms with Gasteiger partial charge in [-0.3, -0.25) is 19.4 Å². The fraction of sp³-hybridized carbons (Fsp3) is 0.882. The first-order chi connectivity index (χ1) is 10.7. The Kier molecular flexibility index (Phi) is 9.85. The minimum Gasteiger partial charge on any atom is -0.480 e. The number of hydrogen-bond donors (Lipinski definition) is 2. The molecule has 0 aliphatic carbocycles. The zero-order valence-electron chi connectivity index (χ0n) is 15.7. The number of nitrogens with zero attached hydrogens (tertiary/aromatic N) is 2. The SMILES string of the molecule is CCN(CC(=O)O)C1CCN(C(C)C(=O)NC(C)(C)CC)CC1.Cl. The molecule has 1 heterocycles. The van der Waals surface area contributed by atoms with Crippen LogP contribution in [0.3, 0.4) is 0 Å². The Hall–Kier alpha value is -0.850. The molecule has 0 saturated carbocycles. The molecule has 1 rings (SSSR count). The standard InChI is InChI=1S/C17H33N3O3.ClH/c1-6-17(4,5)18-16(23)13(3)20-10-8-14(9-11-20)19(7-2)12-15(21)22;/h13-14H,6-12H2,1-5H3,(H,18,23)(H,21,22);1H. The zero-order valence-corrected chi connectivity index (χ0v) is 16.5. The number of rotatable bonds is 8. The summed E-state index contributed by atoms with van der Waals surface area (Å²) in [7, 11) is 0. The largest absolute Gasteiger partial charge is 0.480 e. The Morgan fingerprint density at radius 2 is 1.83 bits per heavy atom. The summed E-state index contributed by atoms with van der Waals surface area (Å²) in [6.07, 6.45) is 2.72. The third-order valence-corrected chi connectivity index (χ3v) is 5.03. The first-order valence-corrected chi connectivity index (χ1v) is 8.72. The maximum Gasteiger partial charge on any atom is 0.317 e. The maximum atomic E-state index is 12.4. The number of carbonyl (C=O) groups excluding carboxylic acids is 1. The van der Waals surface area contributed by atoms with Crippen LogP contribution in [0.4, 0.5) is 0 Å². The van der Waals surface area contributed by atoms with Gasteiger partial charge in [-0.1, -0.05) is 13.8 Å². The molecule has 24 heavy (non-hydrogen) atoms. The zero-order chi connectivity index (χ0) is 17.6. The number of piperidine rings is 1. The lowest BCUT2D eigenvalue weighted by Gasteiger charge is -2.40. The Morgan fingerprint density at radius 3 is 2.25 bits per heavy atom. The second-order valence-electron chi connectivity index (χ2n) is 7.13. The van der Waals surface area contributed by atoms with Crippen LogP contribution in [0, 0.1) is 0 Å². The molecule has 0 aromatic rings. The highest BCUT2D eigenvalue weighted by Crippen LogP contribution is 2.19. The number of carboxylic acid groups (broad SMARTS) is 1. The van der Waals surface area contributed by atoms with Gasteiger partial charge in [0.25, 0.3) is 0 Å². The average molecular weight is 364 g/mol. The van der Waals surface area contributed by atoms with Crippen LogP contribution in [-0.4, -0.2) is 70.6 Å². The number of nitrogens with one attached hydrogen (secondary N) is 1. The quantitative estimate of drug-likeness (QED) is 0.689. The van der Waals surface area contributed by atoms with E-state index in [0.29, 0.717) is 6.04 Å². The molecule has 1 aliphatic rings. The van der Waals surface area contributed by atoms with Gasteiger partial charge in [-0.2, -0.15) is 0 Å². The van der Waals surface area contributed by atoms with Crippen molar-refractivity contribution in [3.8, 4) is 0 Å². The first kappa shape index (κ1) is 23.1. The van der Waals surface area contributed by atoms with Crippen LogP contribution in [-0.2, 0) is 9.59 Å². The van der Waals surface area contributed by atoms with Crippen molar-refractivity contribution in [1.29, 1.82) is 0 Å². The summed E-state index contributed by atoms with van der Waals surface area (Å²) in [5.74, 6) is -0.697. The summed E-state index contributed by atoms with van der Waals surface area (Å²) < 4.78 is 0. The minimum absolute atomic E-state index is 0. The van der Waals surface area contributed by atoms with E-state index in [-0.39, 0.29) is 36.4 Å². The molecule has 1 saturated heterocycles. The van der Waals surface area contributed by atoms with Crippen LogP contribution in [0.2, 0.25) is 0 Å². The lowest BCUT2D eigenvalue weighted by atomic mass is 9.99. The smallest absolute Gasteiger partial charge is 0.317 e. The minimum atomic E-state index is -0.774.